The Hall–Kier alpha value is -2.38. The molecular formula is C21H28N2O4S. The minimum absolute atomic E-state index is 0.0484. The minimum Gasteiger partial charge on any atom is -0.392 e. The van der Waals surface area contributed by atoms with Crippen LogP contribution in [0, 0.1) is 6.92 Å². The molecule has 0 aliphatic rings. The van der Waals surface area contributed by atoms with Gasteiger partial charge in [0.1, 0.15) is 0 Å². The average molecular weight is 405 g/mol. The van der Waals surface area contributed by atoms with Gasteiger partial charge in [-0.3, -0.25) is 9.52 Å². The van der Waals surface area contributed by atoms with Crippen molar-refractivity contribution in [3.63, 3.8) is 0 Å². The van der Waals surface area contributed by atoms with Gasteiger partial charge in [-0.1, -0.05) is 31.5 Å². The summed E-state index contributed by atoms with van der Waals surface area (Å²) in [6.07, 6.45) is 2.48. The molecule has 0 aliphatic heterocycles. The second-order valence-corrected chi connectivity index (χ2v) is 8.60. The van der Waals surface area contributed by atoms with Gasteiger partial charge >= 0.3 is 0 Å². The summed E-state index contributed by atoms with van der Waals surface area (Å²) in [5, 5.41) is 11.9. The second kappa shape index (κ2) is 9.71. The number of nitrogens with one attached hydrogen (secondary N) is 2. The molecule has 7 heteroatoms. The Kier molecular flexibility index (Phi) is 7.60. The molecule has 152 valence electrons. The standard InChI is InChI=1S/C21H28N2O4S/c1-4-5-6-17-8-11-19(12-9-17)23-28(26,27)20-13-18(10-7-15(20)2)21(25)22-14-16(3)24/h7-13,16,23-24H,4-6,14H2,1-3H3,(H,22,25). The molecule has 0 saturated heterocycles. The first-order valence-electron chi connectivity index (χ1n) is 9.41. The molecule has 1 unspecified atom stereocenters. The third-order valence-electron chi connectivity index (χ3n) is 4.32. The summed E-state index contributed by atoms with van der Waals surface area (Å²) >= 11 is 0. The Morgan fingerprint density at radius 2 is 1.82 bits per heavy atom. The zero-order valence-corrected chi connectivity index (χ0v) is 17.3. The maximum absolute atomic E-state index is 12.8. The van der Waals surface area contributed by atoms with Crippen molar-refractivity contribution in [1.82, 2.24) is 5.32 Å². The molecule has 0 aromatic heterocycles. The Morgan fingerprint density at radius 3 is 2.43 bits per heavy atom. The van der Waals surface area contributed by atoms with E-state index in [4.69, 9.17) is 0 Å². The lowest BCUT2D eigenvalue weighted by molar-refractivity contribution is 0.0924. The van der Waals surface area contributed by atoms with Crippen molar-refractivity contribution in [2.75, 3.05) is 11.3 Å². The highest BCUT2D eigenvalue weighted by Crippen LogP contribution is 2.21. The fourth-order valence-electron chi connectivity index (χ4n) is 2.70. The van der Waals surface area contributed by atoms with Crippen LogP contribution in [0.1, 0.15) is 48.2 Å². The van der Waals surface area contributed by atoms with Crippen LogP contribution >= 0.6 is 0 Å². The summed E-state index contributed by atoms with van der Waals surface area (Å²) in [5.74, 6) is -0.433. The predicted octanol–water partition coefficient (Wildman–Crippen LogP) is 3.25. The lowest BCUT2D eigenvalue weighted by Gasteiger charge is -2.13. The molecule has 0 aliphatic carbocycles. The first kappa shape index (κ1) is 21.9. The van der Waals surface area contributed by atoms with Crippen molar-refractivity contribution in [2.24, 2.45) is 0 Å². The van der Waals surface area contributed by atoms with Gasteiger partial charge in [0.2, 0.25) is 0 Å². The smallest absolute Gasteiger partial charge is 0.262 e. The maximum atomic E-state index is 12.8. The van der Waals surface area contributed by atoms with E-state index in [0.717, 1.165) is 24.8 Å². The van der Waals surface area contributed by atoms with Gasteiger partial charge < -0.3 is 10.4 Å². The molecule has 2 aromatic rings. The summed E-state index contributed by atoms with van der Waals surface area (Å²) < 4.78 is 28.3. The van der Waals surface area contributed by atoms with Gasteiger partial charge in [0, 0.05) is 17.8 Å². The van der Waals surface area contributed by atoms with Gasteiger partial charge in [-0.25, -0.2) is 8.42 Å². The van der Waals surface area contributed by atoms with Crippen LogP contribution in [0.3, 0.4) is 0 Å². The van der Waals surface area contributed by atoms with E-state index in [1.165, 1.54) is 6.07 Å². The number of benzene rings is 2. The van der Waals surface area contributed by atoms with Crippen molar-refractivity contribution in [1.29, 1.82) is 0 Å². The van der Waals surface area contributed by atoms with E-state index in [9.17, 15) is 18.3 Å². The van der Waals surface area contributed by atoms with Crippen LogP contribution in [0.5, 0.6) is 0 Å². The Morgan fingerprint density at radius 1 is 1.14 bits per heavy atom. The summed E-state index contributed by atoms with van der Waals surface area (Å²) in [6.45, 7) is 5.46. The number of aryl methyl sites for hydroxylation is 2. The number of amides is 1. The summed E-state index contributed by atoms with van der Waals surface area (Å²) in [5.41, 5.74) is 2.40. The number of carbonyl (C=O) groups excluding carboxylic acids is 1. The predicted molar refractivity (Wildman–Crippen MR) is 111 cm³/mol. The van der Waals surface area contributed by atoms with Gasteiger partial charge in [0.05, 0.1) is 11.0 Å². The van der Waals surface area contributed by atoms with Crippen molar-refractivity contribution in [3.05, 3.63) is 59.2 Å². The number of hydrogen-bond donors (Lipinski definition) is 3. The van der Waals surface area contributed by atoms with E-state index in [1.54, 1.807) is 38.1 Å². The van der Waals surface area contributed by atoms with Crippen LogP contribution < -0.4 is 10.0 Å². The first-order chi connectivity index (χ1) is 13.2. The summed E-state index contributed by atoms with van der Waals surface area (Å²) in [6, 6.07) is 11.8. The van der Waals surface area contributed by atoms with Crippen LogP contribution in [0.2, 0.25) is 0 Å². The molecule has 3 N–H and O–H groups in total. The molecule has 0 heterocycles. The third kappa shape index (κ3) is 6.07. The topological polar surface area (TPSA) is 95.5 Å². The number of aliphatic hydroxyl groups is 1. The Bertz CT molecular complexity index is 907. The Balaban J connectivity index is 2.20. The highest BCUT2D eigenvalue weighted by atomic mass is 32.2. The average Bonchev–Trinajstić information content (AvgIpc) is 2.65. The highest BCUT2D eigenvalue weighted by molar-refractivity contribution is 7.92. The number of unbranched alkanes of at least 4 members (excludes halogenated alkanes) is 1. The van der Waals surface area contributed by atoms with Crippen LogP contribution in [-0.4, -0.2) is 32.1 Å². The van der Waals surface area contributed by atoms with Crippen molar-refractivity contribution >= 4 is 21.6 Å². The lowest BCUT2D eigenvalue weighted by Crippen LogP contribution is -2.30. The monoisotopic (exact) mass is 404 g/mol. The van der Waals surface area contributed by atoms with Gasteiger partial charge in [-0.2, -0.15) is 0 Å². The molecule has 1 atom stereocenters. The highest BCUT2D eigenvalue weighted by Gasteiger charge is 2.19. The van der Waals surface area contributed by atoms with E-state index in [0.29, 0.717) is 11.3 Å². The van der Waals surface area contributed by atoms with Gasteiger partial charge in [0.25, 0.3) is 15.9 Å². The fourth-order valence-corrected chi connectivity index (χ4v) is 4.03. The number of hydrogen-bond acceptors (Lipinski definition) is 4. The van der Waals surface area contributed by atoms with E-state index in [1.807, 2.05) is 12.1 Å². The molecule has 0 radical (unpaired) electrons. The van der Waals surface area contributed by atoms with E-state index in [-0.39, 0.29) is 17.0 Å². The van der Waals surface area contributed by atoms with E-state index < -0.39 is 22.0 Å². The van der Waals surface area contributed by atoms with Crippen molar-refractivity contribution in [2.45, 2.75) is 51.0 Å². The molecule has 0 spiro atoms. The minimum atomic E-state index is -3.84. The molecule has 2 aromatic carbocycles. The zero-order valence-electron chi connectivity index (χ0n) is 16.5. The number of anilines is 1. The van der Waals surface area contributed by atoms with Gasteiger partial charge in [-0.05, 0) is 62.1 Å². The number of carbonyl (C=O) groups is 1. The molecular weight excluding hydrogens is 376 g/mol. The molecule has 28 heavy (non-hydrogen) atoms. The molecule has 0 fully saturated rings. The molecule has 2 rings (SSSR count). The van der Waals surface area contributed by atoms with Gasteiger partial charge in [0.15, 0.2) is 0 Å². The summed E-state index contributed by atoms with van der Waals surface area (Å²) in [7, 11) is -3.84. The normalized spacial score (nSPS) is 12.4. The molecule has 0 saturated carbocycles. The van der Waals surface area contributed by atoms with Crippen LogP contribution in [0.25, 0.3) is 0 Å². The summed E-state index contributed by atoms with van der Waals surface area (Å²) in [4.78, 5) is 12.2. The molecule has 1 amide bonds. The quantitative estimate of drug-likeness (QED) is 0.598. The first-order valence-corrected chi connectivity index (χ1v) is 10.9. The number of sulfonamides is 1. The van der Waals surface area contributed by atoms with Crippen LogP contribution in [-0.2, 0) is 16.4 Å². The Labute approximate surface area is 167 Å². The third-order valence-corrected chi connectivity index (χ3v) is 5.85. The van der Waals surface area contributed by atoms with Crippen LogP contribution in [0.4, 0.5) is 5.69 Å². The van der Waals surface area contributed by atoms with E-state index >= 15 is 0 Å². The number of rotatable bonds is 9. The number of aliphatic hydroxyl groups excluding tert-OH is 1. The lowest BCUT2D eigenvalue weighted by atomic mass is 10.1. The maximum Gasteiger partial charge on any atom is 0.262 e. The van der Waals surface area contributed by atoms with Crippen molar-refractivity contribution in [3.8, 4) is 0 Å². The fraction of sp³-hybridized carbons (Fsp3) is 0.381. The second-order valence-electron chi connectivity index (χ2n) is 6.95. The molecule has 6 nitrogen and oxygen atoms in total. The SMILES string of the molecule is CCCCc1ccc(NS(=O)(=O)c2cc(C(=O)NCC(C)O)ccc2C)cc1. The van der Waals surface area contributed by atoms with Gasteiger partial charge in [-0.15, -0.1) is 0 Å². The largest absolute Gasteiger partial charge is 0.392 e. The van der Waals surface area contributed by atoms with Crippen LogP contribution in [0.15, 0.2) is 47.4 Å². The van der Waals surface area contributed by atoms with Crippen molar-refractivity contribution < 1.29 is 18.3 Å². The zero-order chi connectivity index (χ0) is 20.7. The van der Waals surface area contributed by atoms with E-state index in [2.05, 4.69) is 17.0 Å². The molecule has 0 bridgehead atoms.